The van der Waals surface area contributed by atoms with Gasteiger partial charge in [-0.2, -0.15) is 0 Å². The topological polar surface area (TPSA) is 57.6 Å². The lowest BCUT2D eigenvalue weighted by molar-refractivity contribution is -0.152. The first-order chi connectivity index (χ1) is 7.66. The maximum Gasteiger partial charge on any atom is 0.310 e. The van der Waals surface area contributed by atoms with Crippen molar-refractivity contribution < 1.29 is 14.7 Å². The largest absolute Gasteiger partial charge is 0.481 e. The van der Waals surface area contributed by atoms with Gasteiger partial charge in [0.2, 0.25) is 5.91 Å². The van der Waals surface area contributed by atoms with Crippen LogP contribution < -0.4 is 0 Å². The summed E-state index contributed by atoms with van der Waals surface area (Å²) in [6.07, 6.45) is 7.17. The van der Waals surface area contributed by atoms with E-state index in [1.54, 1.807) is 4.90 Å². The van der Waals surface area contributed by atoms with E-state index in [9.17, 15) is 9.59 Å². The van der Waals surface area contributed by atoms with Crippen LogP contribution in [0.5, 0.6) is 0 Å². The summed E-state index contributed by atoms with van der Waals surface area (Å²) in [4.78, 5) is 24.0. The van der Waals surface area contributed by atoms with Gasteiger partial charge in [-0.1, -0.05) is 11.6 Å². The van der Waals surface area contributed by atoms with Crippen molar-refractivity contribution in [3.8, 4) is 0 Å². The molecule has 0 aromatic rings. The van der Waals surface area contributed by atoms with Crippen molar-refractivity contribution in [3.63, 3.8) is 0 Å². The number of rotatable bonds is 3. The molecule has 0 spiro atoms. The predicted molar refractivity (Wildman–Crippen MR) is 58.9 cm³/mol. The van der Waals surface area contributed by atoms with Crippen LogP contribution >= 0.6 is 0 Å². The second-order valence-electron chi connectivity index (χ2n) is 4.62. The number of nitrogens with zero attached hydrogens (tertiary/aromatic N) is 1. The highest BCUT2D eigenvalue weighted by Crippen LogP contribution is 2.23. The van der Waals surface area contributed by atoms with Gasteiger partial charge in [-0.05, 0) is 25.7 Å². The molecule has 0 aromatic heterocycles. The van der Waals surface area contributed by atoms with Crippen LogP contribution in [-0.4, -0.2) is 35.0 Å². The first-order valence-corrected chi connectivity index (χ1v) is 5.85. The van der Waals surface area contributed by atoms with Crippen LogP contribution in [0.3, 0.4) is 0 Å². The van der Waals surface area contributed by atoms with E-state index >= 15 is 0 Å². The lowest BCUT2D eigenvalue weighted by Gasteiger charge is -2.37. The number of carboxylic acids is 1. The van der Waals surface area contributed by atoms with E-state index in [1.807, 2.05) is 0 Å². The minimum atomic E-state index is -0.791. The molecule has 0 atom stereocenters. The number of aliphatic carboxylic acids is 1. The second kappa shape index (κ2) is 4.68. The summed E-state index contributed by atoms with van der Waals surface area (Å²) in [7, 11) is 0. The average Bonchev–Trinajstić information content (AvgIpc) is 2.15. The minimum absolute atomic E-state index is 0.0886. The predicted octanol–water partition coefficient (Wildman–Crippen LogP) is 1.42. The van der Waals surface area contributed by atoms with Crippen LogP contribution in [-0.2, 0) is 9.59 Å². The van der Waals surface area contributed by atoms with Crippen LogP contribution in [0, 0.1) is 5.92 Å². The van der Waals surface area contributed by atoms with Crippen molar-refractivity contribution in [3.05, 3.63) is 11.6 Å². The van der Waals surface area contributed by atoms with Crippen LogP contribution in [0.4, 0.5) is 0 Å². The molecule has 1 aliphatic carbocycles. The van der Waals surface area contributed by atoms with Crippen molar-refractivity contribution in [2.45, 2.75) is 32.1 Å². The molecule has 4 nitrogen and oxygen atoms in total. The first kappa shape index (κ1) is 11.2. The highest BCUT2D eigenvalue weighted by atomic mass is 16.4. The van der Waals surface area contributed by atoms with E-state index in [0.717, 1.165) is 12.8 Å². The minimum Gasteiger partial charge on any atom is -0.481 e. The number of likely N-dealkylation sites (tertiary alicyclic amines) is 1. The van der Waals surface area contributed by atoms with E-state index in [1.165, 1.54) is 18.4 Å². The third kappa shape index (κ3) is 2.43. The molecule has 4 heteroatoms. The normalized spacial score (nSPS) is 21.2. The molecule has 1 saturated heterocycles. The molecule has 1 heterocycles. The molecule has 16 heavy (non-hydrogen) atoms. The van der Waals surface area contributed by atoms with Crippen molar-refractivity contribution in [2.24, 2.45) is 5.92 Å². The van der Waals surface area contributed by atoms with Crippen molar-refractivity contribution in [1.29, 1.82) is 0 Å². The molecule has 1 aliphatic heterocycles. The van der Waals surface area contributed by atoms with E-state index in [0.29, 0.717) is 19.5 Å². The Morgan fingerprint density at radius 2 is 2.12 bits per heavy atom. The lowest BCUT2D eigenvalue weighted by atomic mass is 9.94. The molecular weight excluding hydrogens is 206 g/mol. The molecule has 0 saturated carbocycles. The maximum atomic E-state index is 11.8. The zero-order valence-electron chi connectivity index (χ0n) is 9.32. The third-order valence-electron chi connectivity index (χ3n) is 3.35. The summed E-state index contributed by atoms with van der Waals surface area (Å²) >= 11 is 0. The van der Waals surface area contributed by atoms with Gasteiger partial charge in [-0.3, -0.25) is 9.59 Å². The van der Waals surface area contributed by atoms with Crippen LogP contribution in [0.25, 0.3) is 0 Å². The molecule has 1 N–H and O–H groups in total. The van der Waals surface area contributed by atoms with Gasteiger partial charge in [0.1, 0.15) is 0 Å². The SMILES string of the molecule is O=C(O)C1CN(C(=O)CC2=CCCCC2)C1. The fourth-order valence-corrected chi connectivity index (χ4v) is 2.21. The Balaban J connectivity index is 1.77. The highest BCUT2D eigenvalue weighted by molar-refractivity contribution is 5.82. The number of hydrogen-bond acceptors (Lipinski definition) is 2. The zero-order chi connectivity index (χ0) is 11.5. The summed E-state index contributed by atoms with van der Waals surface area (Å²) in [5.41, 5.74) is 1.23. The van der Waals surface area contributed by atoms with E-state index in [-0.39, 0.29) is 11.8 Å². The summed E-state index contributed by atoms with van der Waals surface area (Å²) < 4.78 is 0. The van der Waals surface area contributed by atoms with Gasteiger partial charge in [0.15, 0.2) is 0 Å². The van der Waals surface area contributed by atoms with Gasteiger partial charge < -0.3 is 10.0 Å². The second-order valence-corrected chi connectivity index (χ2v) is 4.62. The summed E-state index contributed by atoms with van der Waals surface area (Å²) in [6, 6.07) is 0. The fraction of sp³-hybridized carbons (Fsp3) is 0.667. The van der Waals surface area contributed by atoms with Gasteiger partial charge in [-0.25, -0.2) is 0 Å². The molecule has 88 valence electrons. The molecule has 1 amide bonds. The summed E-state index contributed by atoms with van der Waals surface area (Å²) in [5, 5.41) is 8.70. The Bertz CT molecular complexity index is 329. The van der Waals surface area contributed by atoms with Crippen LogP contribution in [0.15, 0.2) is 11.6 Å². The number of carbonyl (C=O) groups is 2. The Morgan fingerprint density at radius 1 is 1.38 bits per heavy atom. The Morgan fingerprint density at radius 3 is 2.69 bits per heavy atom. The molecule has 0 unspecified atom stereocenters. The number of carboxylic acid groups (broad SMARTS) is 1. The van der Waals surface area contributed by atoms with Crippen LogP contribution in [0.1, 0.15) is 32.1 Å². The van der Waals surface area contributed by atoms with Gasteiger partial charge in [0.05, 0.1) is 5.92 Å². The Labute approximate surface area is 94.9 Å². The standard InChI is InChI=1S/C12H17NO3/c14-11(6-9-4-2-1-3-5-9)13-7-10(8-13)12(15)16/h4,10H,1-3,5-8H2,(H,15,16). The highest BCUT2D eigenvalue weighted by Gasteiger charge is 2.35. The maximum absolute atomic E-state index is 11.8. The van der Waals surface area contributed by atoms with Gasteiger partial charge in [0.25, 0.3) is 0 Å². The zero-order valence-corrected chi connectivity index (χ0v) is 9.32. The van der Waals surface area contributed by atoms with Crippen LogP contribution in [0.2, 0.25) is 0 Å². The van der Waals surface area contributed by atoms with Gasteiger partial charge >= 0.3 is 5.97 Å². The number of allylic oxidation sites excluding steroid dienone is 1. The van der Waals surface area contributed by atoms with E-state index in [2.05, 4.69) is 6.08 Å². The Hall–Kier alpha value is -1.32. The average molecular weight is 223 g/mol. The summed E-state index contributed by atoms with van der Waals surface area (Å²) in [6.45, 7) is 0.781. The van der Waals surface area contributed by atoms with Gasteiger partial charge in [0, 0.05) is 19.5 Å². The lowest BCUT2D eigenvalue weighted by Crippen LogP contribution is -2.53. The summed E-state index contributed by atoms with van der Waals surface area (Å²) in [5.74, 6) is -1.05. The molecule has 0 radical (unpaired) electrons. The molecule has 0 bridgehead atoms. The first-order valence-electron chi connectivity index (χ1n) is 5.85. The molecule has 2 aliphatic rings. The number of carbonyl (C=O) groups excluding carboxylic acids is 1. The number of amides is 1. The Kier molecular flexibility index (Phi) is 3.27. The third-order valence-corrected chi connectivity index (χ3v) is 3.35. The van der Waals surface area contributed by atoms with Gasteiger partial charge in [-0.15, -0.1) is 0 Å². The molecule has 2 rings (SSSR count). The quantitative estimate of drug-likeness (QED) is 0.736. The smallest absolute Gasteiger partial charge is 0.310 e. The molecule has 0 aromatic carbocycles. The van der Waals surface area contributed by atoms with Crippen molar-refractivity contribution >= 4 is 11.9 Å². The monoisotopic (exact) mass is 223 g/mol. The van der Waals surface area contributed by atoms with E-state index < -0.39 is 5.97 Å². The molecule has 1 fully saturated rings. The van der Waals surface area contributed by atoms with Crippen molar-refractivity contribution in [1.82, 2.24) is 4.90 Å². The molecular formula is C12H17NO3. The van der Waals surface area contributed by atoms with E-state index in [4.69, 9.17) is 5.11 Å². The fourth-order valence-electron chi connectivity index (χ4n) is 2.21. The van der Waals surface area contributed by atoms with Crippen molar-refractivity contribution in [2.75, 3.05) is 13.1 Å². The number of hydrogen-bond donors (Lipinski definition) is 1.